The van der Waals surface area contributed by atoms with Crippen molar-refractivity contribution in [1.82, 2.24) is 0 Å². The number of fused-ring (bicyclic) bond motifs is 1. The lowest BCUT2D eigenvalue weighted by molar-refractivity contribution is -0.686. The lowest BCUT2D eigenvalue weighted by atomic mass is 10.1. The summed E-state index contributed by atoms with van der Waals surface area (Å²) < 4.78 is 10.6. The third kappa shape index (κ3) is 3.63. The Kier molecular flexibility index (Phi) is 4.79. The molecule has 0 bridgehead atoms. The van der Waals surface area contributed by atoms with Crippen molar-refractivity contribution in [3.8, 4) is 11.5 Å². The van der Waals surface area contributed by atoms with E-state index in [1.54, 1.807) is 14.2 Å². The van der Waals surface area contributed by atoms with Gasteiger partial charge in [0.15, 0.2) is 11.5 Å². The molecule has 0 fully saturated rings. The molecule has 3 heteroatoms. The molecule has 0 saturated carbocycles. The molecule has 0 atom stereocenters. The first-order valence-electron chi connectivity index (χ1n) is 7.80. The summed E-state index contributed by atoms with van der Waals surface area (Å²) in [6.07, 6.45) is 0. The van der Waals surface area contributed by atoms with E-state index < -0.39 is 0 Å². The minimum absolute atomic E-state index is 0.769. The molecule has 23 heavy (non-hydrogen) atoms. The standard InChI is InChI=1S/C20H21NO2/c1-22-19-10-8-16(12-20(19)23-2)14-21-13-15-7-9-17-5-3-4-6-18(17)11-15/h3-12,21H,13-14H2,1-2H3/p+1. The van der Waals surface area contributed by atoms with E-state index in [-0.39, 0.29) is 0 Å². The average Bonchev–Trinajstić information content (AvgIpc) is 2.61. The van der Waals surface area contributed by atoms with Gasteiger partial charge in [-0.05, 0) is 35.0 Å². The number of nitrogens with two attached hydrogens (primary N) is 1. The Balaban J connectivity index is 1.64. The summed E-state index contributed by atoms with van der Waals surface area (Å²) in [6.45, 7) is 1.87. The van der Waals surface area contributed by atoms with Gasteiger partial charge in [-0.15, -0.1) is 0 Å². The van der Waals surface area contributed by atoms with Crippen molar-refractivity contribution in [3.05, 3.63) is 71.8 Å². The maximum atomic E-state index is 5.35. The summed E-state index contributed by atoms with van der Waals surface area (Å²) in [5.74, 6) is 1.55. The van der Waals surface area contributed by atoms with Crippen molar-refractivity contribution < 1.29 is 14.8 Å². The summed E-state index contributed by atoms with van der Waals surface area (Å²) in [5, 5.41) is 4.88. The summed E-state index contributed by atoms with van der Waals surface area (Å²) in [5.41, 5.74) is 2.56. The predicted molar refractivity (Wildman–Crippen MR) is 92.8 cm³/mol. The number of rotatable bonds is 6. The largest absolute Gasteiger partial charge is 0.493 e. The van der Waals surface area contributed by atoms with Crippen molar-refractivity contribution in [2.75, 3.05) is 14.2 Å². The van der Waals surface area contributed by atoms with Crippen molar-refractivity contribution in [1.29, 1.82) is 0 Å². The van der Waals surface area contributed by atoms with Gasteiger partial charge in [0.05, 0.1) is 14.2 Å². The van der Waals surface area contributed by atoms with E-state index in [0.29, 0.717) is 0 Å². The molecule has 3 rings (SSSR count). The highest BCUT2D eigenvalue weighted by molar-refractivity contribution is 5.82. The van der Waals surface area contributed by atoms with Gasteiger partial charge < -0.3 is 14.8 Å². The number of quaternary nitrogens is 1. The van der Waals surface area contributed by atoms with Crippen LogP contribution >= 0.6 is 0 Å². The lowest BCUT2D eigenvalue weighted by Crippen LogP contribution is -2.80. The normalized spacial score (nSPS) is 10.7. The molecule has 0 aliphatic heterocycles. The minimum Gasteiger partial charge on any atom is -0.493 e. The summed E-state index contributed by atoms with van der Waals surface area (Å²) >= 11 is 0. The topological polar surface area (TPSA) is 35.1 Å². The molecule has 0 radical (unpaired) electrons. The Bertz CT molecular complexity index is 799. The molecule has 0 saturated heterocycles. The van der Waals surface area contributed by atoms with Crippen LogP contribution in [-0.4, -0.2) is 14.2 Å². The van der Waals surface area contributed by atoms with Gasteiger partial charge in [-0.2, -0.15) is 0 Å². The van der Waals surface area contributed by atoms with Crippen LogP contribution in [0.3, 0.4) is 0 Å². The fourth-order valence-corrected chi connectivity index (χ4v) is 2.78. The Morgan fingerprint density at radius 3 is 2.09 bits per heavy atom. The summed E-state index contributed by atoms with van der Waals surface area (Å²) in [7, 11) is 3.32. The average molecular weight is 308 g/mol. The van der Waals surface area contributed by atoms with Crippen LogP contribution in [0, 0.1) is 0 Å². The number of methoxy groups -OCH3 is 2. The van der Waals surface area contributed by atoms with Crippen molar-refractivity contribution >= 4 is 10.8 Å². The molecule has 0 spiro atoms. The van der Waals surface area contributed by atoms with Gasteiger partial charge >= 0.3 is 0 Å². The Hall–Kier alpha value is -2.52. The van der Waals surface area contributed by atoms with Gasteiger partial charge in [0.2, 0.25) is 0 Å². The molecule has 0 aromatic heterocycles. The maximum Gasteiger partial charge on any atom is 0.161 e. The third-order valence-electron chi connectivity index (χ3n) is 4.02. The Morgan fingerprint density at radius 1 is 0.696 bits per heavy atom. The van der Waals surface area contributed by atoms with Gasteiger partial charge in [0.25, 0.3) is 0 Å². The fraction of sp³-hybridized carbons (Fsp3) is 0.200. The first-order chi connectivity index (χ1) is 11.3. The molecule has 0 aliphatic rings. The number of ether oxygens (including phenoxy) is 2. The third-order valence-corrected chi connectivity index (χ3v) is 4.02. The number of hydrogen-bond donors (Lipinski definition) is 1. The van der Waals surface area contributed by atoms with Crippen LogP contribution in [-0.2, 0) is 13.1 Å². The van der Waals surface area contributed by atoms with Crippen LogP contribution in [0.4, 0.5) is 0 Å². The summed E-state index contributed by atoms with van der Waals surface area (Å²) in [4.78, 5) is 0. The van der Waals surface area contributed by atoms with Crippen LogP contribution in [0.5, 0.6) is 11.5 Å². The SMILES string of the molecule is COc1ccc(C[NH2+]Cc2ccc3ccccc3c2)cc1OC. The van der Waals surface area contributed by atoms with E-state index in [4.69, 9.17) is 9.47 Å². The van der Waals surface area contributed by atoms with Crippen LogP contribution in [0.2, 0.25) is 0 Å². The zero-order chi connectivity index (χ0) is 16.1. The maximum absolute atomic E-state index is 5.35. The summed E-state index contributed by atoms with van der Waals surface area (Å²) in [6, 6.07) is 21.2. The lowest BCUT2D eigenvalue weighted by Gasteiger charge is -2.09. The van der Waals surface area contributed by atoms with Crippen LogP contribution < -0.4 is 14.8 Å². The first-order valence-corrected chi connectivity index (χ1v) is 7.80. The van der Waals surface area contributed by atoms with E-state index in [2.05, 4.69) is 53.8 Å². The van der Waals surface area contributed by atoms with E-state index in [9.17, 15) is 0 Å². The number of hydrogen-bond acceptors (Lipinski definition) is 2. The second-order valence-electron chi connectivity index (χ2n) is 5.57. The van der Waals surface area contributed by atoms with Crippen molar-refractivity contribution in [3.63, 3.8) is 0 Å². The molecule has 0 aliphatic carbocycles. The van der Waals surface area contributed by atoms with Gasteiger partial charge in [-0.25, -0.2) is 0 Å². The predicted octanol–water partition coefficient (Wildman–Crippen LogP) is 3.12. The molecule has 0 unspecified atom stereocenters. The van der Waals surface area contributed by atoms with Crippen molar-refractivity contribution in [2.45, 2.75) is 13.1 Å². The molecule has 0 heterocycles. The van der Waals surface area contributed by atoms with Crippen LogP contribution in [0.15, 0.2) is 60.7 Å². The molecular weight excluding hydrogens is 286 g/mol. The van der Waals surface area contributed by atoms with Gasteiger partial charge in [0.1, 0.15) is 13.1 Å². The van der Waals surface area contributed by atoms with Gasteiger partial charge in [-0.3, -0.25) is 0 Å². The number of benzene rings is 3. The van der Waals surface area contributed by atoms with E-state index in [0.717, 1.165) is 24.6 Å². The molecule has 0 amide bonds. The smallest absolute Gasteiger partial charge is 0.161 e. The second-order valence-corrected chi connectivity index (χ2v) is 5.57. The quantitative estimate of drug-likeness (QED) is 0.759. The zero-order valence-electron chi connectivity index (χ0n) is 13.6. The highest BCUT2D eigenvalue weighted by Gasteiger charge is 2.06. The van der Waals surface area contributed by atoms with Crippen molar-refractivity contribution in [2.24, 2.45) is 0 Å². The highest BCUT2D eigenvalue weighted by atomic mass is 16.5. The fourth-order valence-electron chi connectivity index (χ4n) is 2.78. The second kappa shape index (κ2) is 7.16. The van der Waals surface area contributed by atoms with Gasteiger partial charge in [0, 0.05) is 11.1 Å². The van der Waals surface area contributed by atoms with E-state index in [1.807, 2.05) is 12.1 Å². The molecule has 3 aromatic carbocycles. The van der Waals surface area contributed by atoms with E-state index in [1.165, 1.54) is 21.9 Å². The minimum atomic E-state index is 0.769. The van der Waals surface area contributed by atoms with Crippen LogP contribution in [0.1, 0.15) is 11.1 Å². The van der Waals surface area contributed by atoms with Gasteiger partial charge in [-0.1, -0.05) is 36.4 Å². The Labute approximate surface area is 136 Å². The highest BCUT2D eigenvalue weighted by Crippen LogP contribution is 2.27. The Morgan fingerprint density at radius 2 is 1.35 bits per heavy atom. The molecular formula is C20H22NO2+. The molecule has 3 aromatic rings. The monoisotopic (exact) mass is 308 g/mol. The zero-order valence-corrected chi connectivity index (χ0v) is 13.6. The van der Waals surface area contributed by atoms with E-state index >= 15 is 0 Å². The molecule has 3 nitrogen and oxygen atoms in total. The molecule has 118 valence electrons. The molecule has 2 N–H and O–H groups in total. The first kappa shape index (κ1) is 15.4. The van der Waals surface area contributed by atoms with Crippen LogP contribution in [0.25, 0.3) is 10.8 Å².